The van der Waals surface area contributed by atoms with Gasteiger partial charge in [-0.2, -0.15) is 0 Å². The maximum absolute atomic E-state index is 2.48. The summed E-state index contributed by atoms with van der Waals surface area (Å²) in [6.07, 6.45) is 4.97. The molecule has 1 heteroatoms. The van der Waals surface area contributed by atoms with Crippen LogP contribution in [0, 0.1) is 0 Å². The Morgan fingerprint density at radius 3 is 1.16 bits per heavy atom. The number of benzene rings is 6. The summed E-state index contributed by atoms with van der Waals surface area (Å²) in [5.41, 5.74) is 16.7. The molecule has 0 aromatic heterocycles. The average Bonchev–Trinajstić information content (AvgIpc) is 3.64. The van der Waals surface area contributed by atoms with E-state index >= 15 is 0 Å². The molecule has 0 heterocycles. The fraction of sp³-hybridized carbons (Fsp3) is 0.0476. The van der Waals surface area contributed by atoms with Gasteiger partial charge in [0.15, 0.2) is 0 Å². The Morgan fingerprint density at radius 2 is 0.698 bits per heavy atom. The van der Waals surface area contributed by atoms with Gasteiger partial charge in [0.05, 0.1) is 0 Å². The zero-order valence-electron chi connectivity index (χ0n) is 23.8. The van der Waals surface area contributed by atoms with Crippen LogP contribution in [-0.4, -0.2) is 0 Å². The zero-order chi connectivity index (χ0) is 28.6. The van der Waals surface area contributed by atoms with Gasteiger partial charge in [-0.05, 0) is 0 Å². The number of fused-ring (bicyclic) bond motifs is 2. The van der Waals surface area contributed by atoms with Gasteiger partial charge in [0, 0.05) is 0 Å². The SMILES string of the molecule is C1=C(c2cccc(-c3ccccc3)c2)[CH]([Hf][CH]2C(c3cccc(-c4ccccc4)c3)=Cc3ccccc32)c2ccccc21. The molecule has 202 valence electrons. The van der Waals surface area contributed by atoms with Crippen molar-refractivity contribution >= 4 is 23.3 Å². The van der Waals surface area contributed by atoms with Crippen molar-refractivity contribution in [3.8, 4) is 22.3 Å². The Balaban J connectivity index is 1.20. The van der Waals surface area contributed by atoms with Gasteiger partial charge in [-0.1, -0.05) is 0 Å². The molecule has 2 atom stereocenters. The molecule has 0 spiro atoms. The van der Waals surface area contributed by atoms with Crippen molar-refractivity contribution in [2.24, 2.45) is 0 Å². The number of rotatable bonds is 6. The van der Waals surface area contributed by atoms with Gasteiger partial charge in [-0.3, -0.25) is 0 Å². The monoisotopic (exact) mass is 714 g/mol. The molecule has 6 aromatic carbocycles. The second kappa shape index (κ2) is 11.4. The molecule has 2 aliphatic rings. The third-order valence-corrected chi connectivity index (χ3v) is 15.7. The van der Waals surface area contributed by atoms with E-state index in [0.29, 0.717) is 7.35 Å². The van der Waals surface area contributed by atoms with E-state index in [4.69, 9.17) is 0 Å². The first kappa shape index (κ1) is 26.3. The quantitative estimate of drug-likeness (QED) is 0.151. The number of allylic oxidation sites excluding steroid dienone is 2. The Labute approximate surface area is 265 Å². The summed E-state index contributed by atoms with van der Waals surface area (Å²) in [4.78, 5) is 0. The molecule has 0 bridgehead atoms. The molecule has 0 radical (unpaired) electrons. The normalized spacial score (nSPS) is 16.7. The minimum absolute atomic E-state index is 0.499. The Bertz CT molecular complexity index is 1850. The molecule has 0 saturated heterocycles. The summed E-state index contributed by atoms with van der Waals surface area (Å²) in [5.74, 6) is 0. The fourth-order valence-electron chi connectivity index (χ4n) is 6.69. The predicted molar refractivity (Wildman–Crippen MR) is 178 cm³/mol. The van der Waals surface area contributed by atoms with E-state index in [-0.39, 0.29) is 0 Å². The number of hydrogen-bond donors (Lipinski definition) is 0. The number of hydrogen-bond acceptors (Lipinski definition) is 0. The summed E-state index contributed by atoms with van der Waals surface area (Å²) in [6.45, 7) is 0. The summed E-state index contributed by atoms with van der Waals surface area (Å²) in [5, 5.41) is 0. The summed E-state index contributed by atoms with van der Waals surface area (Å²) < 4.78 is 0.998. The van der Waals surface area contributed by atoms with E-state index < -0.39 is 22.9 Å². The van der Waals surface area contributed by atoms with Gasteiger partial charge < -0.3 is 0 Å². The van der Waals surface area contributed by atoms with Crippen molar-refractivity contribution < 1.29 is 22.9 Å². The molecule has 8 rings (SSSR count). The molecule has 0 fully saturated rings. The zero-order valence-corrected chi connectivity index (χ0v) is 27.4. The first-order chi connectivity index (χ1) is 21.3. The fourth-order valence-corrected chi connectivity index (χ4v) is 14.2. The van der Waals surface area contributed by atoms with Gasteiger partial charge in [0.1, 0.15) is 0 Å². The third-order valence-electron chi connectivity index (χ3n) is 8.80. The summed E-state index contributed by atoms with van der Waals surface area (Å²) in [7, 11) is 0. The van der Waals surface area contributed by atoms with Crippen LogP contribution in [0.25, 0.3) is 45.6 Å². The molecule has 43 heavy (non-hydrogen) atoms. The van der Waals surface area contributed by atoms with E-state index in [9.17, 15) is 0 Å². The minimum atomic E-state index is -1.42. The molecular weight excluding hydrogens is 683 g/mol. The molecule has 0 aliphatic heterocycles. The third kappa shape index (κ3) is 5.02. The molecule has 0 amide bonds. The first-order valence-electron chi connectivity index (χ1n) is 15.0. The molecule has 2 unspecified atom stereocenters. The van der Waals surface area contributed by atoms with Crippen LogP contribution in [0.1, 0.15) is 40.7 Å². The Hall–Kier alpha value is -4.33. The molecular formula is C42H30Hf. The van der Waals surface area contributed by atoms with E-state index in [0.717, 1.165) is 0 Å². The summed E-state index contributed by atoms with van der Waals surface area (Å²) in [6, 6.07) is 58.2. The first-order valence-corrected chi connectivity index (χ1v) is 19.2. The van der Waals surface area contributed by atoms with Crippen molar-refractivity contribution in [2.75, 3.05) is 0 Å². The van der Waals surface area contributed by atoms with Crippen LogP contribution in [0.4, 0.5) is 0 Å². The van der Waals surface area contributed by atoms with Gasteiger partial charge >= 0.3 is 267 Å². The van der Waals surface area contributed by atoms with Gasteiger partial charge in [-0.25, -0.2) is 0 Å². The van der Waals surface area contributed by atoms with Crippen molar-refractivity contribution in [3.63, 3.8) is 0 Å². The molecule has 0 N–H and O–H groups in total. The van der Waals surface area contributed by atoms with E-state index in [2.05, 4.69) is 170 Å². The van der Waals surface area contributed by atoms with Crippen LogP contribution in [0.5, 0.6) is 0 Å². The Morgan fingerprint density at radius 1 is 0.326 bits per heavy atom. The summed E-state index contributed by atoms with van der Waals surface area (Å²) >= 11 is -1.42. The van der Waals surface area contributed by atoms with Crippen LogP contribution < -0.4 is 0 Å². The molecule has 0 nitrogen and oxygen atoms in total. The maximum atomic E-state index is 2.48. The molecule has 0 saturated carbocycles. The Kier molecular flexibility index (Phi) is 6.97. The molecule has 2 aliphatic carbocycles. The van der Waals surface area contributed by atoms with Crippen molar-refractivity contribution in [1.82, 2.24) is 0 Å². The second-order valence-corrected chi connectivity index (χ2v) is 16.7. The van der Waals surface area contributed by atoms with E-state index in [1.54, 1.807) is 0 Å². The topological polar surface area (TPSA) is 0 Å². The van der Waals surface area contributed by atoms with Gasteiger partial charge in [0.2, 0.25) is 0 Å². The van der Waals surface area contributed by atoms with E-state index in [1.165, 1.54) is 66.8 Å². The van der Waals surface area contributed by atoms with Crippen LogP contribution in [-0.2, 0) is 22.9 Å². The van der Waals surface area contributed by atoms with Crippen molar-refractivity contribution in [3.05, 3.63) is 191 Å². The van der Waals surface area contributed by atoms with Gasteiger partial charge in [-0.15, -0.1) is 0 Å². The van der Waals surface area contributed by atoms with Crippen LogP contribution >= 0.6 is 0 Å². The average molecular weight is 713 g/mol. The molecule has 6 aromatic rings. The van der Waals surface area contributed by atoms with Crippen LogP contribution in [0.2, 0.25) is 0 Å². The van der Waals surface area contributed by atoms with Crippen LogP contribution in [0.15, 0.2) is 158 Å². The van der Waals surface area contributed by atoms with E-state index in [1.807, 2.05) is 0 Å². The second-order valence-electron chi connectivity index (χ2n) is 11.4. The van der Waals surface area contributed by atoms with Crippen molar-refractivity contribution in [2.45, 2.75) is 7.35 Å². The van der Waals surface area contributed by atoms with Crippen molar-refractivity contribution in [1.29, 1.82) is 0 Å². The predicted octanol–water partition coefficient (Wildman–Crippen LogP) is 11.0. The standard InChI is InChI=1S/2C21H15.Hf/c2*1-2-7-16(8-3-1)17-11-6-12-20(13-17)21-14-18-9-4-5-10-19(18)15-21;/h2*1-15H;. The van der Waals surface area contributed by atoms with Gasteiger partial charge in [0.25, 0.3) is 0 Å². The van der Waals surface area contributed by atoms with Crippen LogP contribution in [0.3, 0.4) is 0 Å².